The molecule has 0 unspecified atom stereocenters. The highest BCUT2D eigenvalue weighted by Gasteiger charge is 2.29. The van der Waals surface area contributed by atoms with Crippen LogP contribution in [0.2, 0.25) is 0 Å². The summed E-state index contributed by atoms with van der Waals surface area (Å²) in [5.41, 5.74) is 0.683. The number of amides is 1. The monoisotopic (exact) mass is 263 g/mol. The average Bonchev–Trinajstić information content (AvgIpc) is 2.46. The van der Waals surface area contributed by atoms with Gasteiger partial charge >= 0.3 is 0 Å². The Morgan fingerprint density at radius 3 is 2.79 bits per heavy atom. The number of carbonyl (C=O) groups excluding carboxylic acids is 1. The van der Waals surface area contributed by atoms with Crippen LogP contribution in [0.1, 0.15) is 23.7 Å². The number of hydrogen-bond acceptors (Lipinski definition) is 3. The summed E-state index contributed by atoms with van der Waals surface area (Å²) < 4.78 is 10.6. The van der Waals surface area contributed by atoms with E-state index in [2.05, 4.69) is 6.92 Å². The SMILES string of the molecule is COc1cccc(C(=O)N2CC[C@H](OC)[C@@H](C)C2)c1. The van der Waals surface area contributed by atoms with E-state index in [1.807, 2.05) is 23.1 Å². The summed E-state index contributed by atoms with van der Waals surface area (Å²) in [6, 6.07) is 7.31. The van der Waals surface area contributed by atoms with Crippen molar-refractivity contribution in [2.24, 2.45) is 5.92 Å². The maximum absolute atomic E-state index is 12.4. The van der Waals surface area contributed by atoms with Crippen LogP contribution in [-0.2, 0) is 4.74 Å². The van der Waals surface area contributed by atoms with E-state index >= 15 is 0 Å². The zero-order valence-corrected chi connectivity index (χ0v) is 11.8. The second-order valence-corrected chi connectivity index (χ2v) is 5.02. The summed E-state index contributed by atoms with van der Waals surface area (Å²) in [6.45, 7) is 3.62. The molecule has 1 aliphatic rings. The van der Waals surface area contributed by atoms with Crippen molar-refractivity contribution >= 4 is 5.91 Å². The quantitative estimate of drug-likeness (QED) is 0.839. The molecule has 104 valence electrons. The van der Waals surface area contributed by atoms with Gasteiger partial charge in [-0.25, -0.2) is 0 Å². The van der Waals surface area contributed by atoms with E-state index < -0.39 is 0 Å². The van der Waals surface area contributed by atoms with Crippen LogP contribution in [0.15, 0.2) is 24.3 Å². The van der Waals surface area contributed by atoms with Crippen molar-refractivity contribution in [1.82, 2.24) is 4.90 Å². The highest BCUT2D eigenvalue weighted by molar-refractivity contribution is 5.94. The van der Waals surface area contributed by atoms with Crippen molar-refractivity contribution in [2.45, 2.75) is 19.4 Å². The molecule has 0 saturated carbocycles. The number of ether oxygens (including phenoxy) is 2. The molecule has 2 rings (SSSR count). The predicted octanol–water partition coefficient (Wildman–Crippen LogP) is 2.19. The third kappa shape index (κ3) is 3.07. The summed E-state index contributed by atoms with van der Waals surface area (Å²) in [7, 11) is 3.34. The van der Waals surface area contributed by atoms with Gasteiger partial charge in [0.05, 0.1) is 13.2 Å². The Hall–Kier alpha value is -1.55. The molecular weight excluding hydrogens is 242 g/mol. The largest absolute Gasteiger partial charge is 0.497 e. The Labute approximate surface area is 114 Å². The van der Waals surface area contributed by atoms with Gasteiger partial charge < -0.3 is 14.4 Å². The Morgan fingerprint density at radius 1 is 1.37 bits per heavy atom. The Balaban J connectivity index is 2.07. The summed E-state index contributed by atoms with van der Waals surface area (Å²) in [5.74, 6) is 1.15. The van der Waals surface area contributed by atoms with Crippen molar-refractivity contribution in [3.8, 4) is 5.75 Å². The Kier molecular flexibility index (Phi) is 4.43. The minimum atomic E-state index is 0.0697. The van der Waals surface area contributed by atoms with Gasteiger partial charge in [0, 0.05) is 25.8 Å². The Bertz CT molecular complexity index is 447. The first-order valence-corrected chi connectivity index (χ1v) is 6.62. The fourth-order valence-electron chi connectivity index (χ4n) is 2.60. The van der Waals surface area contributed by atoms with Crippen LogP contribution in [0.25, 0.3) is 0 Å². The van der Waals surface area contributed by atoms with Gasteiger partial charge in [-0.3, -0.25) is 4.79 Å². The molecule has 0 radical (unpaired) electrons. The standard InChI is InChI=1S/C15H21NO3/c1-11-10-16(8-7-14(11)19-3)15(17)12-5-4-6-13(9-12)18-2/h4-6,9,11,14H,7-8,10H2,1-3H3/t11-,14-/m0/s1. The van der Waals surface area contributed by atoms with Crippen LogP contribution < -0.4 is 4.74 Å². The lowest BCUT2D eigenvalue weighted by Gasteiger charge is -2.36. The van der Waals surface area contributed by atoms with Gasteiger partial charge in [0.1, 0.15) is 5.75 Å². The summed E-state index contributed by atoms with van der Waals surface area (Å²) in [6.07, 6.45) is 1.15. The topological polar surface area (TPSA) is 38.8 Å². The van der Waals surface area contributed by atoms with Crippen LogP contribution in [0.5, 0.6) is 5.75 Å². The van der Waals surface area contributed by atoms with Gasteiger partial charge in [-0.15, -0.1) is 0 Å². The highest BCUT2D eigenvalue weighted by atomic mass is 16.5. The molecule has 0 N–H and O–H groups in total. The van der Waals surface area contributed by atoms with E-state index in [0.29, 0.717) is 17.2 Å². The van der Waals surface area contributed by atoms with Gasteiger partial charge in [-0.2, -0.15) is 0 Å². The van der Waals surface area contributed by atoms with Crippen molar-refractivity contribution < 1.29 is 14.3 Å². The molecule has 1 amide bonds. The molecule has 2 atom stereocenters. The lowest BCUT2D eigenvalue weighted by atomic mass is 9.96. The van der Waals surface area contributed by atoms with Crippen molar-refractivity contribution in [1.29, 1.82) is 0 Å². The van der Waals surface area contributed by atoms with Crippen molar-refractivity contribution in [2.75, 3.05) is 27.3 Å². The van der Waals surface area contributed by atoms with Crippen molar-refractivity contribution in [3.63, 3.8) is 0 Å². The van der Waals surface area contributed by atoms with Crippen LogP contribution in [-0.4, -0.2) is 44.2 Å². The van der Waals surface area contributed by atoms with E-state index in [4.69, 9.17) is 9.47 Å². The smallest absolute Gasteiger partial charge is 0.253 e. The van der Waals surface area contributed by atoms with Crippen LogP contribution in [0.4, 0.5) is 0 Å². The molecule has 1 heterocycles. The van der Waals surface area contributed by atoms with Crippen LogP contribution >= 0.6 is 0 Å². The average molecular weight is 263 g/mol. The second-order valence-electron chi connectivity index (χ2n) is 5.02. The lowest BCUT2D eigenvalue weighted by Crippen LogP contribution is -2.45. The van der Waals surface area contributed by atoms with E-state index in [9.17, 15) is 4.79 Å². The predicted molar refractivity (Wildman–Crippen MR) is 73.5 cm³/mol. The fraction of sp³-hybridized carbons (Fsp3) is 0.533. The van der Waals surface area contributed by atoms with E-state index in [1.54, 1.807) is 20.3 Å². The van der Waals surface area contributed by atoms with E-state index in [1.165, 1.54) is 0 Å². The van der Waals surface area contributed by atoms with Gasteiger partial charge in [-0.1, -0.05) is 13.0 Å². The number of hydrogen-bond donors (Lipinski definition) is 0. The molecule has 4 nitrogen and oxygen atoms in total. The minimum Gasteiger partial charge on any atom is -0.497 e. The third-order valence-electron chi connectivity index (χ3n) is 3.73. The number of benzene rings is 1. The van der Waals surface area contributed by atoms with Crippen LogP contribution in [0, 0.1) is 5.92 Å². The van der Waals surface area contributed by atoms with Crippen molar-refractivity contribution in [3.05, 3.63) is 29.8 Å². The number of likely N-dealkylation sites (tertiary alicyclic amines) is 1. The summed E-state index contributed by atoms with van der Waals surface area (Å²) in [4.78, 5) is 14.3. The maximum Gasteiger partial charge on any atom is 0.253 e. The Morgan fingerprint density at radius 2 is 2.16 bits per heavy atom. The molecule has 0 spiro atoms. The fourth-order valence-corrected chi connectivity index (χ4v) is 2.60. The summed E-state index contributed by atoms with van der Waals surface area (Å²) in [5, 5.41) is 0. The first kappa shape index (κ1) is 13.9. The third-order valence-corrected chi connectivity index (χ3v) is 3.73. The second kappa shape index (κ2) is 6.06. The number of nitrogens with zero attached hydrogens (tertiary/aromatic N) is 1. The molecular formula is C15H21NO3. The van der Waals surface area contributed by atoms with Gasteiger partial charge in [-0.05, 0) is 30.5 Å². The van der Waals surface area contributed by atoms with E-state index in [-0.39, 0.29) is 12.0 Å². The molecule has 4 heteroatoms. The first-order valence-electron chi connectivity index (χ1n) is 6.62. The summed E-state index contributed by atoms with van der Waals surface area (Å²) >= 11 is 0. The molecule has 1 aliphatic heterocycles. The van der Waals surface area contributed by atoms with Crippen LogP contribution in [0.3, 0.4) is 0 Å². The molecule has 1 saturated heterocycles. The highest BCUT2D eigenvalue weighted by Crippen LogP contribution is 2.22. The molecule has 19 heavy (non-hydrogen) atoms. The molecule has 1 aromatic rings. The van der Waals surface area contributed by atoms with E-state index in [0.717, 1.165) is 19.5 Å². The minimum absolute atomic E-state index is 0.0697. The molecule has 0 aromatic heterocycles. The molecule has 0 aliphatic carbocycles. The number of carbonyl (C=O) groups is 1. The zero-order chi connectivity index (χ0) is 13.8. The number of rotatable bonds is 3. The number of methoxy groups -OCH3 is 2. The lowest BCUT2D eigenvalue weighted by molar-refractivity contribution is 0.00295. The molecule has 1 aromatic carbocycles. The molecule has 1 fully saturated rings. The zero-order valence-electron chi connectivity index (χ0n) is 11.8. The molecule has 0 bridgehead atoms. The van der Waals surface area contributed by atoms with Gasteiger partial charge in [0.2, 0.25) is 0 Å². The normalized spacial score (nSPS) is 23.2. The number of piperidine rings is 1. The maximum atomic E-state index is 12.4. The first-order chi connectivity index (χ1) is 9.15. The van der Waals surface area contributed by atoms with Gasteiger partial charge in [0.25, 0.3) is 5.91 Å². The van der Waals surface area contributed by atoms with Gasteiger partial charge in [0.15, 0.2) is 0 Å².